The molecule has 3 heterocycles. The normalized spacial score (nSPS) is 24.3. The first-order valence-electron chi connectivity index (χ1n) is 10.3. The van der Waals surface area contributed by atoms with Gasteiger partial charge >= 0.3 is 0 Å². The van der Waals surface area contributed by atoms with Crippen LogP contribution in [-0.2, 0) is 16.1 Å². The van der Waals surface area contributed by atoms with Crippen LogP contribution in [0.25, 0.3) is 0 Å². The standard InChI is InChI=1S/C22H27FN4O2/c1-14(2)22-24-10-11-26(22)13-21(29)27-18-8-5-9-20(28)25-17(18)12-19(27)15-6-3-4-7-16(15)23/h3-4,6-7,10-11,14,17-19H,5,8-9,12-13H2,1-2H3,(H,25,28)/t17-,18+,19+/m0/s1. The van der Waals surface area contributed by atoms with Crippen LogP contribution in [0.2, 0.25) is 0 Å². The van der Waals surface area contributed by atoms with Crippen LogP contribution in [0.1, 0.15) is 62.9 Å². The van der Waals surface area contributed by atoms with E-state index in [2.05, 4.69) is 10.3 Å². The third-order valence-electron chi connectivity index (χ3n) is 6.01. The van der Waals surface area contributed by atoms with Gasteiger partial charge in [0.25, 0.3) is 0 Å². The van der Waals surface area contributed by atoms with E-state index in [4.69, 9.17) is 0 Å². The highest BCUT2D eigenvalue weighted by Gasteiger charge is 2.46. The molecule has 0 bridgehead atoms. The number of hydrogen-bond donors (Lipinski definition) is 1. The average Bonchev–Trinajstić information content (AvgIpc) is 3.22. The van der Waals surface area contributed by atoms with Crippen LogP contribution in [-0.4, -0.2) is 38.3 Å². The fourth-order valence-corrected chi connectivity index (χ4v) is 4.75. The monoisotopic (exact) mass is 398 g/mol. The van der Waals surface area contributed by atoms with Crippen LogP contribution in [0.3, 0.4) is 0 Å². The number of halogens is 1. The number of hydrogen-bond acceptors (Lipinski definition) is 3. The predicted octanol–water partition coefficient (Wildman–Crippen LogP) is 3.16. The Hall–Kier alpha value is -2.70. The zero-order valence-electron chi connectivity index (χ0n) is 16.8. The van der Waals surface area contributed by atoms with Gasteiger partial charge in [0.15, 0.2) is 0 Å². The molecule has 0 aliphatic carbocycles. The van der Waals surface area contributed by atoms with Gasteiger partial charge in [0.1, 0.15) is 18.2 Å². The first-order valence-corrected chi connectivity index (χ1v) is 10.3. The topological polar surface area (TPSA) is 67.2 Å². The van der Waals surface area contributed by atoms with Crippen molar-refractivity contribution in [1.82, 2.24) is 19.8 Å². The van der Waals surface area contributed by atoms with E-state index >= 15 is 0 Å². The number of carbonyl (C=O) groups is 2. The Labute approximate surface area is 170 Å². The molecule has 1 N–H and O–H groups in total. The smallest absolute Gasteiger partial charge is 0.243 e. The van der Waals surface area contributed by atoms with Gasteiger partial charge in [0.2, 0.25) is 11.8 Å². The second-order valence-corrected chi connectivity index (χ2v) is 8.28. The lowest BCUT2D eigenvalue weighted by atomic mass is 10.0. The molecule has 0 unspecified atom stereocenters. The molecule has 2 amide bonds. The Balaban J connectivity index is 1.67. The second kappa shape index (κ2) is 7.97. The van der Waals surface area contributed by atoms with E-state index in [9.17, 15) is 14.0 Å². The maximum Gasteiger partial charge on any atom is 0.243 e. The summed E-state index contributed by atoms with van der Waals surface area (Å²) in [5.41, 5.74) is 0.512. The van der Waals surface area contributed by atoms with Crippen LogP contribution < -0.4 is 5.32 Å². The lowest BCUT2D eigenvalue weighted by molar-refractivity contribution is -0.135. The Morgan fingerprint density at radius 2 is 2.14 bits per heavy atom. The van der Waals surface area contributed by atoms with Gasteiger partial charge in [0, 0.05) is 30.3 Å². The lowest BCUT2D eigenvalue weighted by Crippen LogP contribution is -2.46. The molecule has 4 rings (SSSR count). The van der Waals surface area contributed by atoms with Crippen molar-refractivity contribution in [3.63, 3.8) is 0 Å². The molecule has 2 saturated heterocycles. The van der Waals surface area contributed by atoms with Crippen molar-refractivity contribution >= 4 is 11.8 Å². The summed E-state index contributed by atoms with van der Waals surface area (Å²) in [4.78, 5) is 31.7. The fraction of sp³-hybridized carbons (Fsp3) is 0.500. The average molecular weight is 398 g/mol. The zero-order valence-corrected chi connectivity index (χ0v) is 16.8. The molecular weight excluding hydrogens is 371 g/mol. The molecule has 3 atom stereocenters. The minimum Gasteiger partial charge on any atom is -0.351 e. The van der Waals surface area contributed by atoms with Crippen molar-refractivity contribution in [3.05, 3.63) is 53.9 Å². The summed E-state index contributed by atoms with van der Waals surface area (Å²) in [6.07, 6.45) is 5.98. The summed E-state index contributed by atoms with van der Waals surface area (Å²) in [6, 6.07) is 5.96. The van der Waals surface area contributed by atoms with Crippen molar-refractivity contribution in [2.45, 2.75) is 70.1 Å². The van der Waals surface area contributed by atoms with Gasteiger partial charge < -0.3 is 14.8 Å². The summed E-state index contributed by atoms with van der Waals surface area (Å²) in [6.45, 7) is 4.24. The molecule has 2 aliphatic heterocycles. The van der Waals surface area contributed by atoms with Crippen molar-refractivity contribution in [1.29, 1.82) is 0 Å². The van der Waals surface area contributed by atoms with E-state index in [0.717, 1.165) is 18.7 Å². The number of benzene rings is 1. The molecule has 29 heavy (non-hydrogen) atoms. The van der Waals surface area contributed by atoms with Crippen molar-refractivity contribution < 1.29 is 14.0 Å². The maximum atomic E-state index is 14.6. The molecule has 0 spiro atoms. The van der Waals surface area contributed by atoms with Gasteiger partial charge in [-0.3, -0.25) is 9.59 Å². The quantitative estimate of drug-likeness (QED) is 0.860. The SMILES string of the molecule is CC(C)c1nccn1CC(=O)N1[C@@H](c2ccccc2F)C[C@@H]2NC(=O)CCC[C@H]21. The molecule has 6 nitrogen and oxygen atoms in total. The third-order valence-corrected chi connectivity index (χ3v) is 6.01. The van der Waals surface area contributed by atoms with Crippen LogP contribution in [0.4, 0.5) is 4.39 Å². The van der Waals surface area contributed by atoms with E-state index in [-0.39, 0.29) is 48.2 Å². The van der Waals surface area contributed by atoms with Crippen LogP contribution in [0, 0.1) is 5.82 Å². The van der Waals surface area contributed by atoms with E-state index < -0.39 is 0 Å². The molecule has 2 aliphatic rings. The molecular formula is C22H27FN4O2. The van der Waals surface area contributed by atoms with E-state index in [0.29, 0.717) is 18.4 Å². The van der Waals surface area contributed by atoms with Crippen LogP contribution in [0.5, 0.6) is 0 Å². The third kappa shape index (κ3) is 3.78. The van der Waals surface area contributed by atoms with E-state index in [1.54, 1.807) is 24.4 Å². The van der Waals surface area contributed by atoms with Crippen molar-refractivity contribution in [3.8, 4) is 0 Å². The van der Waals surface area contributed by atoms with Crippen LogP contribution >= 0.6 is 0 Å². The maximum absolute atomic E-state index is 14.6. The zero-order chi connectivity index (χ0) is 20.5. The molecule has 154 valence electrons. The molecule has 0 saturated carbocycles. The van der Waals surface area contributed by atoms with Gasteiger partial charge in [-0.25, -0.2) is 9.37 Å². The van der Waals surface area contributed by atoms with Crippen molar-refractivity contribution in [2.75, 3.05) is 0 Å². The first-order chi connectivity index (χ1) is 14.0. The predicted molar refractivity (Wildman–Crippen MR) is 106 cm³/mol. The molecule has 0 radical (unpaired) electrons. The number of carbonyl (C=O) groups excluding carboxylic acids is 2. The number of aromatic nitrogens is 2. The molecule has 1 aromatic carbocycles. The van der Waals surface area contributed by atoms with Gasteiger partial charge in [-0.05, 0) is 25.3 Å². The first kappa shape index (κ1) is 19.6. The van der Waals surface area contributed by atoms with Gasteiger partial charge in [0.05, 0.1) is 18.1 Å². The Morgan fingerprint density at radius 3 is 2.90 bits per heavy atom. The number of fused-ring (bicyclic) bond motifs is 1. The summed E-state index contributed by atoms with van der Waals surface area (Å²) in [5, 5.41) is 3.06. The lowest BCUT2D eigenvalue weighted by Gasteiger charge is -2.32. The summed E-state index contributed by atoms with van der Waals surface area (Å²) < 4.78 is 16.5. The largest absolute Gasteiger partial charge is 0.351 e. The van der Waals surface area contributed by atoms with E-state index in [1.165, 1.54) is 6.07 Å². The van der Waals surface area contributed by atoms with Crippen LogP contribution in [0.15, 0.2) is 36.7 Å². The van der Waals surface area contributed by atoms with Gasteiger partial charge in [-0.15, -0.1) is 0 Å². The Morgan fingerprint density at radius 1 is 1.34 bits per heavy atom. The number of imidazole rings is 1. The fourth-order valence-electron chi connectivity index (χ4n) is 4.75. The number of rotatable bonds is 4. The second-order valence-electron chi connectivity index (χ2n) is 8.28. The highest BCUT2D eigenvalue weighted by atomic mass is 19.1. The highest BCUT2D eigenvalue weighted by Crippen LogP contribution is 2.40. The van der Waals surface area contributed by atoms with E-state index in [1.807, 2.05) is 29.5 Å². The number of nitrogens with zero attached hydrogens (tertiary/aromatic N) is 3. The number of nitrogens with one attached hydrogen (secondary N) is 1. The van der Waals surface area contributed by atoms with Gasteiger partial charge in [-0.2, -0.15) is 0 Å². The minimum atomic E-state index is -0.386. The van der Waals surface area contributed by atoms with Gasteiger partial charge in [-0.1, -0.05) is 32.0 Å². The molecule has 1 aromatic heterocycles. The molecule has 2 aromatic rings. The summed E-state index contributed by atoms with van der Waals surface area (Å²) >= 11 is 0. The Kier molecular flexibility index (Phi) is 5.39. The highest BCUT2D eigenvalue weighted by molar-refractivity contribution is 5.79. The number of amides is 2. The number of likely N-dealkylation sites (tertiary alicyclic amines) is 1. The minimum absolute atomic E-state index is 0.00999. The Bertz CT molecular complexity index is 910. The van der Waals surface area contributed by atoms with Crippen molar-refractivity contribution in [2.24, 2.45) is 0 Å². The summed E-state index contributed by atoms with van der Waals surface area (Å²) in [7, 11) is 0. The molecule has 2 fully saturated rings. The summed E-state index contributed by atoms with van der Waals surface area (Å²) in [5.74, 6) is 0.676. The molecule has 7 heteroatoms.